The molecule has 8 heteroatoms. The molecule has 0 unspecified atom stereocenters. The fraction of sp³-hybridized carbons (Fsp3) is 0.824. The van der Waals surface area contributed by atoms with Gasteiger partial charge in [-0.15, -0.1) is 0 Å². The van der Waals surface area contributed by atoms with E-state index in [1.165, 1.54) is 0 Å². The summed E-state index contributed by atoms with van der Waals surface area (Å²) in [5, 5.41) is 6.45. The third-order valence-electron chi connectivity index (χ3n) is 3.49. The van der Waals surface area contributed by atoms with Crippen LogP contribution in [0.5, 0.6) is 0 Å². The van der Waals surface area contributed by atoms with E-state index in [2.05, 4.69) is 15.6 Å². The van der Waals surface area contributed by atoms with Gasteiger partial charge in [-0.25, -0.2) is 9.79 Å². The van der Waals surface area contributed by atoms with Gasteiger partial charge in [-0.05, 0) is 47.5 Å². The van der Waals surface area contributed by atoms with Gasteiger partial charge < -0.3 is 25.0 Å². The van der Waals surface area contributed by atoms with Gasteiger partial charge in [0.15, 0.2) is 5.96 Å². The van der Waals surface area contributed by atoms with Gasteiger partial charge in [0.2, 0.25) is 0 Å². The minimum atomic E-state index is -0.516. The maximum absolute atomic E-state index is 11.8. The van der Waals surface area contributed by atoms with Gasteiger partial charge >= 0.3 is 12.1 Å². The van der Waals surface area contributed by atoms with Crippen molar-refractivity contribution in [3.63, 3.8) is 0 Å². The van der Waals surface area contributed by atoms with Crippen LogP contribution in [-0.2, 0) is 14.3 Å². The van der Waals surface area contributed by atoms with E-state index in [0.29, 0.717) is 32.2 Å². The molecule has 1 aliphatic rings. The van der Waals surface area contributed by atoms with E-state index in [4.69, 9.17) is 9.47 Å². The number of likely N-dealkylation sites (tertiary alicyclic amines) is 1. The highest BCUT2D eigenvalue weighted by Crippen LogP contribution is 2.11. The molecule has 0 atom stereocenters. The third kappa shape index (κ3) is 8.60. The van der Waals surface area contributed by atoms with E-state index < -0.39 is 5.60 Å². The van der Waals surface area contributed by atoms with Crippen molar-refractivity contribution in [2.24, 2.45) is 4.99 Å². The van der Waals surface area contributed by atoms with Crippen LogP contribution in [0.1, 0.15) is 47.5 Å². The maximum Gasteiger partial charge on any atom is 0.409 e. The number of ether oxygens (including phenoxy) is 2. The van der Waals surface area contributed by atoms with Gasteiger partial charge in [-0.2, -0.15) is 0 Å². The van der Waals surface area contributed by atoms with Crippen LogP contribution in [0.4, 0.5) is 4.79 Å². The average Bonchev–Trinajstić information content (AvgIpc) is 2.52. The Morgan fingerprint density at radius 1 is 1.20 bits per heavy atom. The van der Waals surface area contributed by atoms with Crippen molar-refractivity contribution >= 4 is 18.0 Å². The van der Waals surface area contributed by atoms with E-state index >= 15 is 0 Å². The van der Waals surface area contributed by atoms with Crippen molar-refractivity contribution in [2.45, 2.75) is 59.1 Å². The maximum atomic E-state index is 11.8. The smallest absolute Gasteiger partial charge is 0.409 e. The average molecular weight is 356 g/mol. The third-order valence-corrected chi connectivity index (χ3v) is 3.49. The minimum Gasteiger partial charge on any atom is -0.459 e. The van der Waals surface area contributed by atoms with Crippen LogP contribution in [0.3, 0.4) is 0 Å². The van der Waals surface area contributed by atoms with Crippen LogP contribution in [-0.4, -0.2) is 67.4 Å². The first-order chi connectivity index (χ1) is 11.7. The Morgan fingerprint density at radius 3 is 2.36 bits per heavy atom. The zero-order chi connectivity index (χ0) is 18.9. The van der Waals surface area contributed by atoms with E-state index in [0.717, 1.165) is 12.8 Å². The summed E-state index contributed by atoms with van der Waals surface area (Å²) in [5.41, 5.74) is -0.516. The second-order valence-corrected chi connectivity index (χ2v) is 6.89. The molecule has 1 fully saturated rings. The lowest BCUT2D eigenvalue weighted by Crippen LogP contribution is -2.50. The molecular formula is C17H32N4O4. The molecule has 8 nitrogen and oxygen atoms in total. The van der Waals surface area contributed by atoms with E-state index in [1.54, 1.807) is 11.8 Å². The molecule has 144 valence electrons. The Balaban J connectivity index is 2.49. The molecule has 25 heavy (non-hydrogen) atoms. The van der Waals surface area contributed by atoms with Gasteiger partial charge in [0, 0.05) is 25.7 Å². The molecule has 1 amide bonds. The summed E-state index contributed by atoms with van der Waals surface area (Å²) in [7, 11) is 0. The number of carbonyl (C=O) groups is 2. The largest absolute Gasteiger partial charge is 0.459 e. The number of piperidine rings is 1. The summed E-state index contributed by atoms with van der Waals surface area (Å²) >= 11 is 0. The Kier molecular flexibility index (Phi) is 8.51. The predicted octanol–water partition coefficient (Wildman–Crippen LogP) is 1.50. The molecule has 0 aromatic heterocycles. The van der Waals surface area contributed by atoms with Crippen molar-refractivity contribution in [3.05, 3.63) is 0 Å². The van der Waals surface area contributed by atoms with Gasteiger partial charge in [0.1, 0.15) is 12.1 Å². The van der Waals surface area contributed by atoms with Crippen LogP contribution in [0.15, 0.2) is 4.99 Å². The van der Waals surface area contributed by atoms with Crippen LogP contribution < -0.4 is 10.6 Å². The molecule has 0 saturated carbocycles. The highest BCUT2D eigenvalue weighted by Gasteiger charge is 2.24. The lowest BCUT2D eigenvalue weighted by molar-refractivity contribution is -0.152. The normalized spacial score (nSPS) is 16.4. The summed E-state index contributed by atoms with van der Waals surface area (Å²) in [6.45, 7) is 11.6. The van der Waals surface area contributed by atoms with Gasteiger partial charge in [0.25, 0.3) is 0 Å². The molecule has 0 aromatic rings. The molecule has 0 spiro atoms. The predicted molar refractivity (Wildman–Crippen MR) is 96.6 cm³/mol. The number of nitrogens with one attached hydrogen (secondary N) is 2. The molecule has 1 aliphatic heterocycles. The summed E-state index contributed by atoms with van der Waals surface area (Å²) in [6, 6.07) is 0.196. The fourth-order valence-electron chi connectivity index (χ4n) is 2.45. The lowest BCUT2D eigenvalue weighted by atomic mass is 10.1. The summed E-state index contributed by atoms with van der Waals surface area (Å²) in [6.07, 6.45) is 1.34. The highest BCUT2D eigenvalue weighted by atomic mass is 16.6. The van der Waals surface area contributed by atoms with E-state index in [1.807, 2.05) is 27.7 Å². The van der Waals surface area contributed by atoms with Crippen molar-refractivity contribution < 1.29 is 19.1 Å². The van der Waals surface area contributed by atoms with Crippen molar-refractivity contribution in [1.29, 1.82) is 0 Å². The number of carbonyl (C=O) groups excluding carboxylic acids is 2. The molecule has 1 heterocycles. The van der Waals surface area contributed by atoms with Crippen LogP contribution in [0, 0.1) is 0 Å². The summed E-state index contributed by atoms with van der Waals surface area (Å²) in [5.74, 6) is 0.227. The minimum absolute atomic E-state index is 0.0335. The lowest BCUT2D eigenvalue weighted by Gasteiger charge is -2.32. The molecule has 0 radical (unpaired) electrons. The van der Waals surface area contributed by atoms with Crippen LogP contribution in [0.25, 0.3) is 0 Å². The summed E-state index contributed by atoms with van der Waals surface area (Å²) in [4.78, 5) is 29.5. The summed E-state index contributed by atoms with van der Waals surface area (Å²) < 4.78 is 10.3. The highest BCUT2D eigenvalue weighted by molar-refractivity contribution is 5.83. The number of hydrogen-bond acceptors (Lipinski definition) is 5. The molecular weight excluding hydrogens is 324 g/mol. The molecule has 2 N–H and O–H groups in total. The fourth-order valence-corrected chi connectivity index (χ4v) is 2.45. The second-order valence-electron chi connectivity index (χ2n) is 6.89. The first-order valence-corrected chi connectivity index (χ1v) is 8.93. The zero-order valence-electron chi connectivity index (χ0n) is 16.1. The zero-order valence-corrected chi connectivity index (χ0v) is 16.1. The molecule has 0 aliphatic carbocycles. The van der Waals surface area contributed by atoms with E-state index in [9.17, 15) is 9.59 Å². The number of amides is 1. The Hall–Kier alpha value is -1.99. The number of esters is 1. The van der Waals surface area contributed by atoms with Crippen molar-refractivity contribution in [3.8, 4) is 0 Å². The Labute approximate surface area is 150 Å². The van der Waals surface area contributed by atoms with Gasteiger partial charge in [-0.3, -0.25) is 4.79 Å². The van der Waals surface area contributed by atoms with Crippen molar-refractivity contribution in [1.82, 2.24) is 15.5 Å². The standard InChI is InChI=1S/C17H32N4O4/c1-6-18-15(19-12-14(22)25-17(3,4)5)20-13-8-10-21(11-9-13)16(23)24-7-2/h13H,6-12H2,1-5H3,(H2,18,19,20). The second kappa shape index (κ2) is 10.1. The van der Waals surface area contributed by atoms with E-state index in [-0.39, 0.29) is 24.6 Å². The number of hydrogen-bond donors (Lipinski definition) is 2. The van der Waals surface area contributed by atoms with Crippen LogP contribution in [0.2, 0.25) is 0 Å². The molecule has 1 saturated heterocycles. The monoisotopic (exact) mass is 356 g/mol. The Morgan fingerprint density at radius 2 is 1.84 bits per heavy atom. The first kappa shape index (κ1) is 21.1. The van der Waals surface area contributed by atoms with Gasteiger partial charge in [-0.1, -0.05) is 0 Å². The number of nitrogens with zero attached hydrogens (tertiary/aromatic N) is 2. The number of rotatable bonds is 5. The number of aliphatic imine (C=N–C) groups is 1. The molecule has 0 aromatic carbocycles. The molecule has 1 rings (SSSR count). The number of guanidine groups is 1. The first-order valence-electron chi connectivity index (χ1n) is 8.93. The van der Waals surface area contributed by atoms with Crippen LogP contribution >= 0.6 is 0 Å². The van der Waals surface area contributed by atoms with Crippen molar-refractivity contribution in [2.75, 3.05) is 32.8 Å². The quantitative estimate of drug-likeness (QED) is 0.441. The topological polar surface area (TPSA) is 92.3 Å². The van der Waals surface area contributed by atoms with Gasteiger partial charge in [0.05, 0.1) is 6.61 Å². The Bertz CT molecular complexity index is 466. The SMILES string of the molecule is CCNC(=NCC(=O)OC(C)(C)C)NC1CCN(C(=O)OCC)CC1. The molecule has 0 bridgehead atoms.